The number of thiazole rings is 1. The molecule has 110 valence electrons. The Morgan fingerprint density at radius 3 is 2.71 bits per heavy atom. The Kier molecular flexibility index (Phi) is 5.11. The number of nitrogens with one attached hydrogen (secondary N) is 2. The molecule has 0 saturated heterocycles. The lowest BCUT2D eigenvalue weighted by molar-refractivity contribution is 0.0958. The van der Waals surface area contributed by atoms with Crippen LogP contribution < -0.4 is 10.6 Å². The third-order valence-electron chi connectivity index (χ3n) is 3.02. The highest BCUT2D eigenvalue weighted by Crippen LogP contribution is 2.21. The second-order valence-corrected chi connectivity index (χ2v) is 5.80. The predicted octanol–water partition coefficient (Wildman–Crippen LogP) is 3.54. The Hall–Kier alpha value is -2.14. The fourth-order valence-electron chi connectivity index (χ4n) is 1.89. The number of amides is 1. The molecular weight excluding hydrogens is 282 g/mol. The third kappa shape index (κ3) is 4.16. The van der Waals surface area contributed by atoms with Crippen LogP contribution in [0.25, 0.3) is 0 Å². The maximum absolute atomic E-state index is 11.8. The van der Waals surface area contributed by atoms with Crippen LogP contribution in [0.4, 0.5) is 5.69 Å². The van der Waals surface area contributed by atoms with Crippen molar-refractivity contribution >= 4 is 22.9 Å². The minimum atomic E-state index is -0.0929. The monoisotopic (exact) mass is 301 g/mol. The molecule has 0 aliphatic carbocycles. The zero-order chi connectivity index (χ0) is 15.2. The fourth-order valence-corrected chi connectivity index (χ4v) is 2.59. The van der Waals surface area contributed by atoms with Crippen LogP contribution >= 0.6 is 11.3 Å². The number of hydrogen-bond acceptors (Lipinski definition) is 4. The number of nitrogens with zero attached hydrogens (tertiary/aromatic N) is 1. The van der Waals surface area contributed by atoms with Crippen LogP contribution in [-0.4, -0.2) is 17.4 Å². The minimum absolute atomic E-state index is 0.0929. The van der Waals surface area contributed by atoms with Gasteiger partial charge in [0.25, 0.3) is 5.91 Å². The van der Waals surface area contributed by atoms with E-state index in [1.165, 1.54) is 0 Å². The van der Waals surface area contributed by atoms with Gasteiger partial charge in [0.15, 0.2) is 0 Å². The molecule has 1 heterocycles. The van der Waals surface area contributed by atoms with Gasteiger partial charge in [0.05, 0.1) is 16.7 Å². The van der Waals surface area contributed by atoms with E-state index in [0.717, 1.165) is 16.4 Å². The maximum Gasteiger partial charge on any atom is 0.251 e. The highest BCUT2D eigenvalue weighted by molar-refractivity contribution is 7.09. The summed E-state index contributed by atoms with van der Waals surface area (Å²) in [6, 6.07) is 7.55. The first-order valence-corrected chi connectivity index (χ1v) is 7.66. The molecule has 0 bridgehead atoms. The summed E-state index contributed by atoms with van der Waals surface area (Å²) in [5, 5.41) is 9.25. The summed E-state index contributed by atoms with van der Waals surface area (Å²) in [4.78, 5) is 16.2. The first-order valence-electron chi connectivity index (χ1n) is 6.78. The molecule has 21 heavy (non-hydrogen) atoms. The van der Waals surface area contributed by atoms with Gasteiger partial charge in [0, 0.05) is 23.2 Å². The van der Waals surface area contributed by atoms with Crippen molar-refractivity contribution in [1.82, 2.24) is 10.3 Å². The van der Waals surface area contributed by atoms with Gasteiger partial charge in [-0.1, -0.05) is 6.08 Å². The second-order valence-electron chi connectivity index (χ2n) is 4.73. The van der Waals surface area contributed by atoms with Crippen LogP contribution in [0, 0.1) is 6.92 Å². The molecule has 1 amide bonds. The average molecular weight is 301 g/mol. The number of carbonyl (C=O) groups excluding carboxylic acids is 1. The van der Waals surface area contributed by atoms with Crippen LogP contribution in [0.2, 0.25) is 0 Å². The third-order valence-corrected chi connectivity index (χ3v) is 3.81. The van der Waals surface area contributed by atoms with E-state index in [2.05, 4.69) is 34.5 Å². The lowest BCUT2D eigenvalue weighted by Gasteiger charge is -2.13. The second kappa shape index (κ2) is 7.04. The summed E-state index contributed by atoms with van der Waals surface area (Å²) in [7, 11) is 0. The maximum atomic E-state index is 11.8. The molecule has 1 atom stereocenters. The van der Waals surface area contributed by atoms with E-state index in [-0.39, 0.29) is 11.9 Å². The van der Waals surface area contributed by atoms with Gasteiger partial charge in [-0.25, -0.2) is 4.98 Å². The molecule has 1 aromatic carbocycles. The first-order chi connectivity index (χ1) is 10.1. The van der Waals surface area contributed by atoms with E-state index in [0.29, 0.717) is 12.1 Å². The quantitative estimate of drug-likeness (QED) is 0.802. The number of aryl methyl sites for hydroxylation is 1. The average Bonchev–Trinajstić information content (AvgIpc) is 2.92. The van der Waals surface area contributed by atoms with Crippen molar-refractivity contribution in [2.24, 2.45) is 0 Å². The smallest absolute Gasteiger partial charge is 0.251 e. The lowest BCUT2D eigenvalue weighted by Crippen LogP contribution is -2.23. The van der Waals surface area contributed by atoms with Crippen molar-refractivity contribution in [1.29, 1.82) is 0 Å². The van der Waals surface area contributed by atoms with Crippen molar-refractivity contribution < 1.29 is 4.79 Å². The number of carbonyl (C=O) groups is 1. The number of benzene rings is 1. The van der Waals surface area contributed by atoms with Gasteiger partial charge in [0.1, 0.15) is 0 Å². The highest BCUT2D eigenvalue weighted by atomic mass is 32.1. The molecule has 1 aromatic heterocycles. The molecule has 0 aliphatic rings. The molecule has 5 heteroatoms. The van der Waals surface area contributed by atoms with E-state index >= 15 is 0 Å². The molecule has 0 radical (unpaired) electrons. The number of rotatable bonds is 6. The molecular formula is C16H19N3OS. The van der Waals surface area contributed by atoms with Gasteiger partial charge >= 0.3 is 0 Å². The lowest BCUT2D eigenvalue weighted by atomic mass is 10.1. The van der Waals surface area contributed by atoms with Gasteiger partial charge in [-0.15, -0.1) is 17.9 Å². The van der Waals surface area contributed by atoms with E-state index in [1.54, 1.807) is 29.5 Å². The van der Waals surface area contributed by atoms with Gasteiger partial charge in [0.2, 0.25) is 0 Å². The molecule has 0 saturated carbocycles. The number of aromatic nitrogens is 1. The molecule has 0 fully saturated rings. The fraction of sp³-hybridized carbons (Fsp3) is 0.250. The number of hydrogen-bond donors (Lipinski definition) is 2. The van der Waals surface area contributed by atoms with Crippen LogP contribution in [0.15, 0.2) is 42.3 Å². The van der Waals surface area contributed by atoms with E-state index < -0.39 is 0 Å². The highest BCUT2D eigenvalue weighted by Gasteiger charge is 2.09. The Morgan fingerprint density at radius 2 is 2.14 bits per heavy atom. The van der Waals surface area contributed by atoms with Crippen molar-refractivity contribution in [2.75, 3.05) is 11.9 Å². The van der Waals surface area contributed by atoms with Crippen LogP contribution in [0.1, 0.15) is 34.0 Å². The predicted molar refractivity (Wildman–Crippen MR) is 87.9 cm³/mol. The summed E-state index contributed by atoms with van der Waals surface area (Å²) in [6.45, 7) is 8.11. The Bertz CT molecular complexity index is 619. The standard InChI is InChI=1S/C16H19N3OS/c1-4-9-17-16(20)13-5-7-14(8-6-13)18-11(2)15-10-21-12(3)19-15/h4-8,10-11,18H,1,9H2,2-3H3,(H,17,20). The largest absolute Gasteiger partial charge is 0.377 e. The SMILES string of the molecule is C=CCNC(=O)c1ccc(NC(C)c2csc(C)n2)cc1. The van der Waals surface area contributed by atoms with Crippen LogP contribution in [0.3, 0.4) is 0 Å². The summed E-state index contributed by atoms with van der Waals surface area (Å²) in [6.07, 6.45) is 1.66. The van der Waals surface area contributed by atoms with Crippen molar-refractivity contribution in [3.05, 3.63) is 58.6 Å². The van der Waals surface area contributed by atoms with Gasteiger partial charge in [-0.3, -0.25) is 4.79 Å². The molecule has 0 spiro atoms. The van der Waals surface area contributed by atoms with E-state index in [4.69, 9.17) is 0 Å². The summed E-state index contributed by atoms with van der Waals surface area (Å²) in [5.41, 5.74) is 2.64. The van der Waals surface area contributed by atoms with E-state index in [1.807, 2.05) is 19.1 Å². The normalized spacial score (nSPS) is 11.7. The molecule has 4 nitrogen and oxygen atoms in total. The van der Waals surface area contributed by atoms with Crippen LogP contribution in [0.5, 0.6) is 0 Å². The zero-order valence-electron chi connectivity index (χ0n) is 12.2. The molecule has 1 unspecified atom stereocenters. The molecule has 2 rings (SSSR count). The molecule has 2 N–H and O–H groups in total. The summed E-state index contributed by atoms with van der Waals surface area (Å²) < 4.78 is 0. The van der Waals surface area contributed by atoms with Crippen molar-refractivity contribution in [3.8, 4) is 0 Å². The Balaban J connectivity index is 1.99. The van der Waals surface area contributed by atoms with E-state index in [9.17, 15) is 4.79 Å². The topological polar surface area (TPSA) is 54.0 Å². The van der Waals surface area contributed by atoms with Crippen LogP contribution in [-0.2, 0) is 0 Å². The van der Waals surface area contributed by atoms with Crippen molar-refractivity contribution in [2.45, 2.75) is 19.9 Å². The Labute approximate surface area is 128 Å². The van der Waals surface area contributed by atoms with Gasteiger partial charge in [-0.05, 0) is 38.1 Å². The Morgan fingerprint density at radius 1 is 1.43 bits per heavy atom. The summed E-state index contributed by atoms with van der Waals surface area (Å²) in [5.74, 6) is -0.0929. The minimum Gasteiger partial charge on any atom is -0.377 e. The van der Waals surface area contributed by atoms with Gasteiger partial charge < -0.3 is 10.6 Å². The number of anilines is 1. The van der Waals surface area contributed by atoms with Gasteiger partial charge in [-0.2, -0.15) is 0 Å². The summed E-state index contributed by atoms with van der Waals surface area (Å²) >= 11 is 1.65. The molecule has 2 aromatic rings. The van der Waals surface area contributed by atoms with Crippen molar-refractivity contribution in [3.63, 3.8) is 0 Å². The zero-order valence-corrected chi connectivity index (χ0v) is 13.0. The first kappa shape index (κ1) is 15.3. The molecule has 0 aliphatic heterocycles.